The zero-order chi connectivity index (χ0) is 18.5. The normalized spacial score (nSPS) is 34.3. The third-order valence-corrected chi connectivity index (χ3v) is 6.41. The van der Waals surface area contributed by atoms with Crippen LogP contribution in [0.5, 0.6) is 0 Å². The van der Waals surface area contributed by atoms with E-state index in [1.807, 2.05) is 0 Å². The van der Waals surface area contributed by atoms with Gasteiger partial charge in [-0.1, -0.05) is 24.6 Å². The van der Waals surface area contributed by atoms with Crippen molar-refractivity contribution in [2.24, 2.45) is 11.8 Å². The molecule has 1 N–H and O–H groups in total. The summed E-state index contributed by atoms with van der Waals surface area (Å²) in [5.74, 6) is -0.913. The van der Waals surface area contributed by atoms with Gasteiger partial charge in [-0.25, -0.2) is 4.79 Å². The molecule has 2 saturated heterocycles. The van der Waals surface area contributed by atoms with Gasteiger partial charge in [0, 0.05) is 11.5 Å². The molecule has 3 rings (SSSR count). The van der Waals surface area contributed by atoms with Crippen LogP contribution in [0, 0.1) is 11.8 Å². The Balaban J connectivity index is 1.47. The molecule has 0 aromatic carbocycles. The van der Waals surface area contributed by atoms with Crippen molar-refractivity contribution >= 4 is 40.8 Å². The van der Waals surface area contributed by atoms with Crippen LogP contribution in [-0.2, 0) is 28.5 Å². The van der Waals surface area contributed by atoms with Gasteiger partial charge in [-0.15, -0.1) is 0 Å². The summed E-state index contributed by atoms with van der Waals surface area (Å²) in [6.45, 7) is 0.0806. The lowest BCUT2D eigenvalue weighted by atomic mass is 9.79. The molecule has 3 fully saturated rings. The first-order valence-electron chi connectivity index (χ1n) is 8.64. The van der Waals surface area contributed by atoms with E-state index in [0.717, 1.165) is 24.6 Å². The minimum Gasteiger partial charge on any atom is -0.463 e. The Labute approximate surface area is 159 Å². The van der Waals surface area contributed by atoms with Crippen LogP contribution in [0.25, 0.3) is 0 Å². The van der Waals surface area contributed by atoms with Gasteiger partial charge in [0.25, 0.3) is 0 Å². The average molecular weight is 406 g/mol. The van der Waals surface area contributed by atoms with Gasteiger partial charge in [-0.3, -0.25) is 9.59 Å². The molecule has 26 heavy (non-hydrogen) atoms. The largest absolute Gasteiger partial charge is 0.463 e. The van der Waals surface area contributed by atoms with Crippen LogP contribution >= 0.6 is 23.5 Å². The number of carbonyl (C=O) groups excluding carboxylic acids is 3. The minimum atomic E-state index is -0.876. The summed E-state index contributed by atoms with van der Waals surface area (Å²) in [5.41, 5.74) is -0.876. The van der Waals surface area contributed by atoms with Crippen LogP contribution in [0.2, 0.25) is 0 Å². The van der Waals surface area contributed by atoms with E-state index in [4.69, 9.17) is 18.9 Å². The Morgan fingerprint density at radius 2 is 1.65 bits per heavy atom. The first kappa shape index (κ1) is 19.8. The summed E-state index contributed by atoms with van der Waals surface area (Å²) < 4.78 is 20.8. The highest BCUT2D eigenvalue weighted by Gasteiger charge is 2.39. The van der Waals surface area contributed by atoms with Crippen LogP contribution in [0.1, 0.15) is 25.7 Å². The van der Waals surface area contributed by atoms with Gasteiger partial charge in [0.2, 0.25) is 5.62 Å². The molecule has 146 valence electrons. The summed E-state index contributed by atoms with van der Waals surface area (Å²) in [6, 6.07) is 0. The van der Waals surface area contributed by atoms with E-state index in [2.05, 4.69) is 0 Å². The molecule has 0 radical (unpaired) electrons. The first-order chi connectivity index (χ1) is 12.5. The Morgan fingerprint density at radius 3 is 2.15 bits per heavy atom. The molecule has 1 saturated carbocycles. The topological polar surface area (TPSA) is 108 Å². The molecule has 5 unspecified atom stereocenters. The molecule has 1 aliphatic carbocycles. The molecule has 3 aliphatic rings. The molecule has 0 aromatic rings. The van der Waals surface area contributed by atoms with Crippen molar-refractivity contribution in [3.05, 3.63) is 0 Å². The molecular weight excluding hydrogens is 384 g/mol. The van der Waals surface area contributed by atoms with Crippen molar-refractivity contribution < 1.29 is 38.4 Å². The lowest BCUT2D eigenvalue weighted by Crippen LogP contribution is -2.37. The highest BCUT2D eigenvalue weighted by Crippen LogP contribution is 2.33. The van der Waals surface area contributed by atoms with Crippen LogP contribution in [0.15, 0.2) is 0 Å². The molecular formula is C16H22O8S2. The maximum Gasteiger partial charge on any atom is 0.367 e. The molecule has 10 heteroatoms. The Hall–Kier alpha value is -0.970. The molecule has 0 spiro atoms. The van der Waals surface area contributed by atoms with Crippen molar-refractivity contribution in [2.45, 2.75) is 43.5 Å². The number of thioether (sulfide) groups is 2. The predicted molar refractivity (Wildman–Crippen MR) is 93.4 cm³/mol. The van der Waals surface area contributed by atoms with E-state index < -0.39 is 35.5 Å². The number of aliphatic hydroxyl groups is 1. The highest BCUT2D eigenvalue weighted by molar-refractivity contribution is 8.13. The van der Waals surface area contributed by atoms with Crippen molar-refractivity contribution in [1.29, 1.82) is 0 Å². The second-order valence-corrected chi connectivity index (χ2v) is 8.48. The molecule has 2 aliphatic heterocycles. The van der Waals surface area contributed by atoms with Crippen LogP contribution in [0.3, 0.4) is 0 Å². The summed E-state index contributed by atoms with van der Waals surface area (Å²) in [7, 11) is 0. The summed E-state index contributed by atoms with van der Waals surface area (Å²) in [6.07, 6.45) is 2.11. The number of aliphatic hydroxyl groups excluding tert-OH is 1. The monoisotopic (exact) mass is 406 g/mol. The fourth-order valence-electron chi connectivity index (χ4n) is 3.23. The zero-order valence-electron chi connectivity index (χ0n) is 14.2. The molecule has 2 heterocycles. The van der Waals surface area contributed by atoms with E-state index in [-0.39, 0.29) is 24.6 Å². The summed E-state index contributed by atoms with van der Waals surface area (Å²) in [4.78, 5) is 35.9. The third-order valence-electron chi connectivity index (χ3n) is 4.58. The second kappa shape index (κ2) is 9.29. The minimum absolute atomic E-state index is 0.0147. The Bertz CT molecular complexity index is 542. The first-order valence-corrected chi connectivity index (χ1v) is 10.7. The van der Waals surface area contributed by atoms with E-state index in [9.17, 15) is 19.5 Å². The number of hydrogen-bond donors (Lipinski definition) is 1. The number of esters is 2. The van der Waals surface area contributed by atoms with Gasteiger partial charge in [0.15, 0.2) is 0 Å². The molecule has 8 nitrogen and oxygen atoms in total. The van der Waals surface area contributed by atoms with Gasteiger partial charge in [0.05, 0.1) is 11.8 Å². The van der Waals surface area contributed by atoms with E-state index in [1.54, 1.807) is 0 Å². The van der Waals surface area contributed by atoms with Crippen LogP contribution < -0.4 is 0 Å². The Kier molecular flexibility index (Phi) is 7.07. The number of rotatable bonds is 6. The smallest absolute Gasteiger partial charge is 0.367 e. The van der Waals surface area contributed by atoms with E-state index >= 15 is 0 Å². The number of carbonyl (C=O) groups is 3. The van der Waals surface area contributed by atoms with Crippen LogP contribution in [0.4, 0.5) is 4.79 Å². The van der Waals surface area contributed by atoms with Gasteiger partial charge >= 0.3 is 17.2 Å². The maximum absolute atomic E-state index is 12.4. The number of cyclic esters (lactones) is 1. The molecule has 0 amide bonds. The van der Waals surface area contributed by atoms with Gasteiger partial charge in [-0.2, -0.15) is 0 Å². The summed E-state index contributed by atoms with van der Waals surface area (Å²) in [5, 5.41) is 8.94. The van der Waals surface area contributed by atoms with Crippen molar-refractivity contribution in [3.8, 4) is 0 Å². The van der Waals surface area contributed by atoms with Crippen molar-refractivity contribution in [2.75, 3.05) is 24.7 Å². The lowest BCUT2D eigenvalue weighted by Gasteiger charge is -2.28. The molecule has 5 atom stereocenters. The zero-order valence-corrected chi connectivity index (χ0v) is 15.8. The van der Waals surface area contributed by atoms with Crippen molar-refractivity contribution in [1.82, 2.24) is 0 Å². The van der Waals surface area contributed by atoms with E-state index in [1.165, 1.54) is 11.8 Å². The van der Waals surface area contributed by atoms with Gasteiger partial charge in [0.1, 0.15) is 25.4 Å². The second-order valence-electron chi connectivity index (χ2n) is 6.46. The van der Waals surface area contributed by atoms with Crippen LogP contribution in [-0.4, -0.2) is 64.9 Å². The lowest BCUT2D eigenvalue weighted by molar-refractivity contribution is -0.167. The van der Waals surface area contributed by atoms with Gasteiger partial charge in [-0.05, 0) is 24.6 Å². The Morgan fingerprint density at radius 1 is 1.04 bits per heavy atom. The number of ether oxygens (including phenoxy) is 4. The third kappa shape index (κ3) is 5.28. The standard InChI is InChI=1S/C16H22O8S2/c17-13(21-5-9-7-25-15(19)23-9)11-3-1-2-4-12(11)14(18)22-6-10-8-26-16(20)24-10/h9-12,15,19H,1-8H2. The predicted octanol–water partition coefficient (Wildman–Crippen LogP) is 1.54. The van der Waals surface area contributed by atoms with E-state index in [0.29, 0.717) is 24.3 Å². The molecule has 0 aromatic heterocycles. The molecule has 0 bridgehead atoms. The van der Waals surface area contributed by atoms with Crippen molar-refractivity contribution in [3.63, 3.8) is 0 Å². The average Bonchev–Trinajstić information content (AvgIpc) is 3.25. The fraction of sp³-hybridized carbons (Fsp3) is 0.812. The maximum atomic E-state index is 12.4. The SMILES string of the molecule is O=C1OC(COC(=O)C2CCCCC2C(=O)OCC2CSC(O)O2)CS1. The highest BCUT2D eigenvalue weighted by atomic mass is 32.2. The van der Waals surface area contributed by atoms with Gasteiger partial charge < -0.3 is 24.1 Å². The summed E-state index contributed by atoms with van der Waals surface area (Å²) >= 11 is 2.31. The number of hydrogen-bond acceptors (Lipinski definition) is 10. The fourth-order valence-corrected chi connectivity index (χ4v) is 4.71. The quantitative estimate of drug-likeness (QED) is 0.515.